The van der Waals surface area contributed by atoms with Crippen molar-refractivity contribution in [3.05, 3.63) is 35.6 Å². The van der Waals surface area contributed by atoms with Gasteiger partial charge in [0, 0.05) is 6.54 Å². The van der Waals surface area contributed by atoms with Gasteiger partial charge >= 0.3 is 12.0 Å². The van der Waals surface area contributed by atoms with Gasteiger partial charge in [-0.3, -0.25) is 0 Å². The van der Waals surface area contributed by atoms with E-state index in [4.69, 9.17) is 10.2 Å². The highest BCUT2D eigenvalue weighted by atomic mass is 19.1. The van der Waals surface area contributed by atoms with Crippen LogP contribution in [0.5, 0.6) is 0 Å². The monoisotopic (exact) mass is 256 g/mol. The average Bonchev–Trinajstić information content (AvgIpc) is 2.33. The third kappa shape index (κ3) is 4.79. The van der Waals surface area contributed by atoms with E-state index in [-0.39, 0.29) is 6.54 Å². The Kier molecular flexibility index (Phi) is 5.06. The quantitative estimate of drug-likeness (QED) is 0.599. The molecule has 0 radical (unpaired) electrons. The molecule has 1 aromatic carbocycles. The number of hydrogen-bond donors (Lipinski definition) is 4. The van der Waals surface area contributed by atoms with Crippen LogP contribution in [0.2, 0.25) is 0 Å². The number of amides is 2. The van der Waals surface area contributed by atoms with Crippen molar-refractivity contribution in [1.29, 1.82) is 0 Å². The van der Waals surface area contributed by atoms with Crippen LogP contribution in [-0.2, 0) is 11.3 Å². The highest BCUT2D eigenvalue weighted by molar-refractivity contribution is 5.76. The molecule has 0 spiro atoms. The van der Waals surface area contributed by atoms with Gasteiger partial charge in [0.15, 0.2) is 6.10 Å². The molecule has 0 aliphatic rings. The average molecular weight is 256 g/mol. The number of carbonyl (C=O) groups is 2. The maximum atomic E-state index is 12.8. The highest BCUT2D eigenvalue weighted by Crippen LogP contribution is 2.02. The summed E-state index contributed by atoms with van der Waals surface area (Å²) >= 11 is 0. The van der Waals surface area contributed by atoms with Gasteiger partial charge in [-0.1, -0.05) is 12.1 Å². The van der Waals surface area contributed by atoms with Crippen molar-refractivity contribution in [2.75, 3.05) is 6.54 Å². The molecule has 2 amide bonds. The van der Waals surface area contributed by atoms with Crippen molar-refractivity contribution < 1.29 is 24.2 Å². The van der Waals surface area contributed by atoms with Crippen molar-refractivity contribution in [3.8, 4) is 0 Å². The molecule has 0 aliphatic carbocycles. The summed E-state index contributed by atoms with van der Waals surface area (Å²) in [4.78, 5) is 21.5. The smallest absolute Gasteiger partial charge is 0.334 e. The van der Waals surface area contributed by atoms with Crippen LogP contribution in [0, 0.1) is 5.82 Å². The van der Waals surface area contributed by atoms with Gasteiger partial charge < -0.3 is 20.8 Å². The number of halogens is 1. The predicted molar refractivity (Wildman–Crippen MR) is 60.3 cm³/mol. The van der Waals surface area contributed by atoms with E-state index >= 15 is 0 Å². The second-order valence-electron chi connectivity index (χ2n) is 3.55. The molecular weight excluding hydrogens is 243 g/mol. The maximum absolute atomic E-state index is 12.8. The molecule has 0 heterocycles. The standard InChI is InChI=1S/C11H13FN2O4/c12-8-3-1-2-7(4-8)5-13-11(18)14-6-9(15)10(16)17/h1-4,9,15H,5-6H2,(H,16,17)(H2,13,14,18)/t9-/m0/s1. The van der Waals surface area contributed by atoms with Gasteiger partial charge in [-0.2, -0.15) is 0 Å². The molecule has 18 heavy (non-hydrogen) atoms. The van der Waals surface area contributed by atoms with Gasteiger partial charge in [0.05, 0.1) is 6.54 Å². The maximum Gasteiger partial charge on any atom is 0.334 e. The Hall–Kier alpha value is -2.15. The van der Waals surface area contributed by atoms with Crippen LogP contribution in [0.1, 0.15) is 5.56 Å². The van der Waals surface area contributed by atoms with Crippen LogP contribution in [0.3, 0.4) is 0 Å². The number of aliphatic carboxylic acids is 1. The summed E-state index contributed by atoms with van der Waals surface area (Å²) in [6, 6.07) is 5.06. The highest BCUT2D eigenvalue weighted by Gasteiger charge is 2.13. The lowest BCUT2D eigenvalue weighted by Crippen LogP contribution is -2.41. The Labute approximate surface area is 102 Å². The van der Waals surface area contributed by atoms with E-state index in [1.54, 1.807) is 6.07 Å². The molecule has 1 atom stereocenters. The second kappa shape index (κ2) is 6.55. The Bertz CT molecular complexity index is 439. The molecule has 1 rings (SSSR count). The lowest BCUT2D eigenvalue weighted by Gasteiger charge is -2.09. The van der Waals surface area contributed by atoms with Crippen LogP contribution < -0.4 is 10.6 Å². The largest absolute Gasteiger partial charge is 0.479 e. The van der Waals surface area contributed by atoms with Crippen LogP contribution in [0.4, 0.5) is 9.18 Å². The molecule has 0 aromatic heterocycles. The topological polar surface area (TPSA) is 98.7 Å². The predicted octanol–water partition coefficient (Wildman–Crippen LogP) is 0.0704. The fourth-order valence-electron chi connectivity index (χ4n) is 1.17. The summed E-state index contributed by atoms with van der Waals surface area (Å²) in [5.41, 5.74) is 0.573. The minimum absolute atomic E-state index is 0.104. The number of carboxylic acid groups (broad SMARTS) is 1. The summed E-state index contributed by atoms with van der Waals surface area (Å²) in [7, 11) is 0. The molecule has 0 saturated heterocycles. The SMILES string of the molecule is O=C(NCc1cccc(F)c1)NC[C@H](O)C(=O)O. The number of benzene rings is 1. The van der Waals surface area contributed by atoms with E-state index in [1.807, 2.05) is 0 Å². The summed E-state index contributed by atoms with van der Waals surface area (Å²) < 4.78 is 12.8. The van der Waals surface area contributed by atoms with Gasteiger partial charge in [-0.25, -0.2) is 14.0 Å². The van der Waals surface area contributed by atoms with Crippen molar-refractivity contribution in [2.45, 2.75) is 12.6 Å². The van der Waals surface area contributed by atoms with E-state index in [2.05, 4.69) is 10.6 Å². The number of urea groups is 1. The van der Waals surface area contributed by atoms with Gasteiger partial charge in [-0.15, -0.1) is 0 Å². The zero-order valence-corrected chi connectivity index (χ0v) is 9.39. The van der Waals surface area contributed by atoms with Crippen molar-refractivity contribution in [2.24, 2.45) is 0 Å². The Balaban J connectivity index is 2.31. The van der Waals surface area contributed by atoms with E-state index in [0.29, 0.717) is 5.56 Å². The molecular formula is C11H13FN2O4. The number of aliphatic hydroxyl groups is 1. The Morgan fingerprint density at radius 2 is 2.06 bits per heavy atom. The first kappa shape index (κ1) is 13.9. The molecule has 0 aliphatic heterocycles. The molecule has 1 aromatic rings. The minimum atomic E-state index is -1.65. The molecule has 0 unspecified atom stereocenters. The molecule has 0 fully saturated rings. The second-order valence-corrected chi connectivity index (χ2v) is 3.55. The number of carbonyl (C=O) groups excluding carboxylic acids is 1. The normalized spacial score (nSPS) is 11.7. The van der Waals surface area contributed by atoms with Crippen LogP contribution in [0.15, 0.2) is 24.3 Å². The van der Waals surface area contributed by atoms with E-state index < -0.39 is 30.5 Å². The zero-order chi connectivity index (χ0) is 13.5. The van der Waals surface area contributed by atoms with E-state index in [0.717, 1.165) is 0 Å². The van der Waals surface area contributed by atoms with E-state index in [9.17, 15) is 14.0 Å². The van der Waals surface area contributed by atoms with Crippen LogP contribution in [0.25, 0.3) is 0 Å². The molecule has 0 bridgehead atoms. The number of rotatable bonds is 5. The number of hydrogen-bond acceptors (Lipinski definition) is 3. The summed E-state index contributed by atoms with van der Waals surface area (Å²) in [5, 5.41) is 21.8. The molecule has 7 heteroatoms. The zero-order valence-electron chi connectivity index (χ0n) is 9.39. The first-order chi connectivity index (χ1) is 8.49. The van der Waals surface area contributed by atoms with Gasteiger partial charge in [0.1, 0.15) is 5.82 Å². The minimum Gasteiger partial charge on any atom is -0.479 e. The molecule has 6 nitrogen and oxygen atoms in total. The van der Waals surface area contributed by atoms with Gasteiger partial charge in [-0.05, 0) is 17.7 Å². The summed E-state index contributed by atoms with van der Waals surface area (Å²) in [6.07, 6.45) is -1.65. The molecule has 4 N–H and O–H groups in total. The van der Waals surface area contributed by atoms with Gasteiger partial charge in [0.25, 0.3) is 0 Å². The summed E-state index contributed by atoms with van der Waals surface area (Å²) in [5.74, 6) is -1.82. The number of aliphatic hydroxyl groups excluding tert-OH is 1. The number of carboxylic acids is 1. The van der Waals surface area contributed by atoms with Crippen LogP contribution >= 0.6 is 0 Å². The van der Waals surface area contributed by atoms with Gasteiger partial charge in [0.2, 0.25) is 0 Å². The molecule has 98 valence electrons. The fraction of sp³-hybridized carbons (Fsp3) is 0.273. The number of nitrogens with one attached hydrogen (secondary N) is 2. The summed E-state index contributed by atoms with van der Waals surface area (Å²) in [6.45, 7) is -0.295. The lowest BCUT2D eigenvalue weighted by atomic mass is 10.2. The third-order valence-corrected chi connectivity index (χ3v) is 2.08. The third-order valence-electron chi connectivity index (χ3n) is 2.08. The van der Waals surface area contributed by atoms with Crippen LogP contribution in [-0.4, -0.2) is 34.9 Å². The van der Waals surface area contributed by atoms with Crippen molar-refractivity contribution >= 4 is 12.0 Å². The van der Waals surface area contributed by atoms with Crippen molar-refractivity contribution in [3.63, 3.8) is 0 Å². The first-order valence-corrected chi connectivity index (χ1v) is 5.16. The molecule has 0 saturated carbocycles. The lowest BCUT2D eigenvalue weighted by molar-refractivity contribution is -0.146. The Morgan fingerprint density at radius 1 is 1.33 bits per heavy atom. The Morgan fingerprint density at radius 3 is 2.67 bits per heavy atom. The van der Waals surface area contributed by atoms with Crippen molar-refractivity contribution in [1.82, 2.24) is 10.6 Å². The first-order valence-electron chi connectivity index (χ1n) is 5.16. The van der Waals surface area contributed by atoms with E-state index in [1.165, 1.54) is 18.2 Å². The fourth-order valence-corrected chi connectivity index (χ4v) is 1.17.